The van der Waals surface area contributed by atoms with Crippen molar-refractivity contribution in [2.75, 3.05) is 37.4 Å². The first-order valence-corrected chi connectivity index (χ1v) is 9.97. The highest BCUT2D eigenvalue weighted by molar-refractivity contribution is 7.99. The molecule has 1 aromatic heterocycles. The number of hydrogen-bond donors (Lipinski definition) is 2. The van der Waals surface area contributed by atoms with Crippen molar-refractivity contribution >= 4 is 23.4 Å². The van der Waals surface area contributed by atoms with Crippen LogP contribution in [0.15, 0.2) is 29.4 Å². The summed E-state index contributed by atoms with van der Waals surface area (Å²) in [6.07, 6.45) is 0. The van der Waals surface area contributed by atoms with Gasteiger partial charge >= 0.3 is 0 Å². The second-order valence-corrected chi connectivity index (χ2v) is 7.33. The van der Waals surface area contributed by atoms with Gasteiger partial charge < -0.3 is 19.5 Å². The number of carbonyl (C=O) groups is 1. The molecule has 26 heavy (non-hydrogen) atoms. The number of aromatic nitrogens is 3. The van der Waals surface area contributed by atoms with Crippen LogP contribution in [0.4, 0.5) is 5.69 Å². The van der Waals surface area contributed by atoms with Crippen molar-refractivity contribution in [2.45, 2.75) is 32.1 Å². The summed E-state index contributed by atoms with van der Waals surface area (Å²) in [5.74, 6) is 1.26. The number of thioether (sulfide) groups is 1. The number of morpholine rings is 1. The van der Waals surface area contributed by atoms with E-state index < -0.39 is 0 Å². The van der Waals surface area contributed by atoms with Gasteiger partial charge in [-0.05, 0) is 31.5 Å². The molecule has 1 aliphatic heterocycles. The van der Waals surface area contributed by atoms with Crippen LogP contribution in [0.1, 0.15) is 18.3 Å². The van der Waals surface area contributed by atoms with E-state index in [4.69, 9.17) is 4.74 Å². The Kier molecular flexibility index (Phi) is 6.65. The highest BCUT2D eigenvalue weighted by Gasteiger charge is 2.20. The third-order valence-corrected chi connectivity index (χ3v) is 5.32. The second-order valence-electron chi connectivity index (χ2n) is 6.39. The Morgan fingerprint density at radius 1 is 1.35 bits per heavy atom. The summed E-state index contributed by atoms with van der Waals surface area (Å²) in [5.41, 5.74) is 1.94. The summed E-state index contributed by atoms with van der Waals surface area (Å²) in [7, 11) is 0. The maximum atomic E-state index is 12.2. The molecule has 1 fully saturated rings. The molecule has 1 aliphatic rings. The number of aryl methyl sites for hydroxylation is 1. The largest absolute Gasteiger partial charge is 0.370 e. The summed E-state index contributed by atoms with van der Waals surface area (Å²) in [6, 6.07) is 7.80. The lowest BCUT2D eigenvalue weighted by Gasteiger charge is -2.23. The summed E-state index contributed by atoms with van der Waals surface area (Å²) in [6.45, 7) is 9.33. The molecule has 0 radical (unpaired) electrons. The Bertz CT molecular complexity index is 743. The minimum absolute atomic E-state index is 0.0355. The van der Waals surface area contributed by atoms with Gasteiger partial charge in [0.2, 0.25) is 5.91 Å². The fraction of sp³-hybridized carbons (Fsp3) is 0.500. The van der Waals surface area contributed by atoms with Crippen molar-refractivity contribution in [1.82, 2.24) is 14.8 Å². The Balaban J connectivity index is 1.56. The van der Waals surface area contributed by atoms with E-state index in [0.29, 0.717) is 5.75 Å². The maximum Gasteiger partial charge on any atom is 0.234 e. The third-order valence-electron chi connectivity index (χ3n) is 4.35. The Morgan fingerprint density at radius 2 is 2.15 bits per heavy atom. The van der Waals surface area contributed by atoms with Crippen molar-refractivity contribution in [1.29, 1.82) is 0 Å². The molecule has 3 rings (SSSR count). The van der Waals surface area contributed by atoms with E-state index in [1.807, 2.05) is 31.2 Å². The van der Waals surface area contributed by atoms with Gasteiger partial charge in [-0.3, -0.25) is 4.79 Å². The van der Waals surface area contributed by atoms with E-state index in [1.165, 1.54) is 16.7 Å². The Hall–Kier alpha value is -1.90. The predicted octanol–water partition coefficient (Wildman–Crippen LogP) is 0.752. The molecule has 0 aliphatic carbocycles. The topological polar surface area (TPSA) is 73.5 Å². The highest BCUT2D eigenvalue weighted by atomic mass is 32.2. The number of carbonyl (C=O) groups excluding carboxylic acids is 1. The molecule has 0 atom stereocenters. The standard InChI is InChI=1S/C18H25N5O2S/c1-3-23-16(12-22-7-9-25-10-8-22)20-21-18(23)26-13-17(24)19-15-6-4-5-14(2)11-15/h4-6,11H,3,7-10,12-13H2,1-2H3,(H,19,24)/p+1. The van der Waals surface area contributed by atoms with E-state index in [0.717, 1.165) is 61.6 Å². The molecular formula is C18H26N5O2S+. The van der Waals surface area contributed by atoms with Crippen LogP contribution < -0.4 is 10.2 Å². The molecule has 1 amide bonds. The van der Waals surface area contributed by atoms with Crippen molar-refractivity contribution in [3.05, 3.63) is 35.7 Å². The summed E-state index contributed by atoms with van der Waals surface area (Å²) in [5, 5.41) is 12.4. The molecule has 0 saturated carbocycles. The first-order valence-electron chi connectivity index (χ1n) is 8.98. The van der Waals surface area contributed by atoms with E-state index in [-0.39, 0.29) is 5.91 Å². The number of nitrogens with zero attached hydrogens (tertiary/aromatic N) is 3. The number of hydrogen-bond acceptors (Lipinski definition) is 5. The van der Waals surface area contributed by atoms with Crippen LogP contribution in [-0.2, 0) is 22.6 Å². The van der Waals surface area contributed by atoms with Gasteiger partial charge in [-0.15, -0.1) is 10.2 Å². The number of anilines is 1. The number of benzene rings is 1. The fourth-order valence-corrected chi connectivity index (χ4v) is 3.81. The van der Waals surface area contributed by atoms with Crippen molar-refractivity contribution in [2.24, 2.45) is 0 Å². The van der Waals surface area contributed by atoms with Crippen molar-refractivity contribution in [3.8, 4) is 0 Å². The van der Waals surface area contributed by atoms with Crippen molar-refractivity contribution < 1.29 is 14.4 Å². The second kappa shape index (κ2) is 9.16. The lowest BCUT2D eigenvalue weighted by Crippen LogP contribution is -3.12. The molecule has 2 heterocycles. The monoisotopic (exact) mass is 376 g/mol. The molecule has 140 valence electrons. The predicted molar refractivity (Wildman–Crippen MR) is 101 cm³/mol. The van der Waals surface area contributed by atoms with Gasteiger partial charge in [0.1, 0.15) is 19.6 Å². The normalized spacial score (nSPS) is 15.2. The Morgan fingerprint density at radius 3 is 2.88 bits per heavy atom. The van der Waals surface area contributed by atoms with E-state index >= 15 is 0 Å². The minimum atomic E-state index is -0.0355. The number of quaternary nitrogens is 1. The molecule has 1 aromatic carbocycles. The molecule has 1 saturated heterocycles. The van der Waals surface area contributed by atoms with Crippen LogP contribution in [0.25, 0.3) is 0 Å². The molecule has 2 N–H and O–H groups in total. The van der Waals surface area contributed by atoms with Crippen LogP contribution in [0.2, 0.25) is 0 Å². The lowest BCUT2D eigenvalue weighted by atomic mass is 10.2. The smallest absolute Gasteiger partial charge is 0.234 e. The average Bonchev–Trinajstić information content (AvgIpc) is 3.02. The quantitative estimate of drug-likeness (QED) is 0.698. The van der Waals surface area contributed by atoms with Gasteiger partial charge in [0, 0.05) is 12.2 Å². The molecule has 0 bridgehead atoms. The first kappa shape index (κ1) is 18.9. The van der Waals surface area contributed by atoms with E-state index in [2.05, 4.69) is 27.0 Å². The van der Waals surface area contributed by atoms with E-state index in [1.54, 1.807) is 0 Å². The number of ether oxygens (including phenoxy) is 1. The molecule has 0 unspecified atom stereocenters. The van der Waals surface area contributed by atoms with Gasteiger partial charge in [0.15, 0.2) is 11.0 Å². The lowest BCUT2D eigenvalue weighted by molar-refractivity contribution is -0.922. The SMILES string of the molecule is CCn1c(C[NH+]2CCOCC2)nnc1SCC(=O)Nc1cccc(C)c1. The summed E-state index contributed by atoms with van der Waals surface area (Å²) in [4.78, 5) is 13.7. The molecule has 2 aromatic rings. The summed E-state index contributed by atoms with van der Waals surface area (Å²) >= 11 is 1.43. The van der Waals surface area contributed by atoms with Gasteiger partial charge in [-0.2, -0.15) is 0 Å². The molecule has 8 heteroatoms. The molecule has 0 spiro atoms. The van der Waals surface area contributed by atoms with Crippen LogP contribution in [0.3, 0.4) is 0 Å². The number of amides is 1. The summed E-state index contributed by atoms with van der Waals surface area (Å²) < 4.78 is 7.51. The third kappa shape index (κ3) is 5.06. The molecule has 7 nitrogen and oxygen atoms in total. The van der Waals surface area contributed by atoms with Crippen LogP contribution in [0, 0.1) is 6.92 Å². The van der Waals surface area contributed by atoms with Crippen molar-refractivity contribution in [3.63, 3.8) is 0 Å². The minimum Gasteiger partial charge on any atom is -0.370 e. The zero-order chi connectivity index (χ0) is 18.4. The van der Waals surface area contributed by atoms with Gasteiger partial charge in [0.05, 0.1) is 19.0 Å². The average molecular weight is 377 g/mol. The van der Waals surface area contributed by atoms with Crippen LogP contribution in [-0.4, -0.2) is 52.7 Å². The van der Waals surface area contributed by atoms with E-state index in [9.17, 15) is 4.79 Å². The number of nitrogens with one attached hydrogen (secondary N) is 2. The zero-order valence-electron chi connectivity index (χ0n) is 15.3. The Labute approximate surface area is 158 Å². The van der Waals surface area contributed by atoms with Crippen LogP contribution in [0.5, 0.6) is 0 Å². The maximum absolute atomic E-state index is 12.2. The van der Waals surface area contributed by atoms with Gasteiger partial charge in [0.25, 0.3) is 0 Å². The van der Waals surface area contributed by atoms with Gasteiger partial charge in [-0.25, -0.2) is 0 Å². The molecular weight excluding hydrogens is 350 g/mol. The van der Waals surface area contributed by atoms with Gasteiger partial charge in [-0.1, -0.05) is 23.9 Å². The number of rotatable bonds is 7. The first-order chi connectivity index (χ1) is 12.7. The fourth-order valence-electron chi connectivity index (χ4n) is 2.98. The zero-order valence-corrected chi connectivity index (χ0v) is 16.1. The van der Waals surface area contributed by atoms with Crippen LogP contribution >= 0.6 is 11.8 Å². The highest BCUT2D eigenvalue weighted by Crippen LogP contribution is 2.18.